The first-order valence-electron chi connectivity index (χ1n) is 8.01. The predicted octanol–water partition coefficient (Wildman–Crippen LogP) is 2.42. The van der Waals surface area contributed by atoms with Crippen molar-refractivity contribution < 1.29 is 19.4 Å². The number of hydrogen-bond acceptors (Lipinski definition) is 5. The number of likely N-dealkylation sites (tertiary alicyclic amines) is 1. The summed E-state index contributed by atoms with van der Waals surface area (Å²) in [6.45, 7) is 7.50. The summed E-state index contributed by atoms with van der Waals surface area (Å²) in [5, 5.41) is 13.0. The molecule has 0 spiro atoms. The summed E-state index contributed by atoms with van der Waals surface area (Å²) in [5.41, 5.74) is 0.585. The Bertz CT molecular complexity index is 597. The van der Waals surface area contributed by atoms with Crippen LogP contribution in [0, 0.1) is 0 Å². The Morgan fingerprint density at radius 3 is 2.96 bits per heavy atom. The molecule has 6 nitrogen and oxygen atoms in total. The van der Waals surface area contributed by atoms with Gasteiger partial charge in [0, 0.05) is 30.8 Å². The zero-order chi connectivity index (χ0) is 16.6. The summed E-state index contributed by atoms with van der Waals surface area (Å²) in [5.74, 6) is 0.936. The van der Waals surface area contributed by atoms with Gasteiger partial charge in [-0.3, -0.25) is 0 Å². The van der Waals surface area contributed by atoms with Gasteiger partial charge in [0.1, 0.15) is 23.7 Å². The second-order valence-corrected chi connectivity index (χ2v) is 7.16. The first kappa shape index (κ1) is 15.9. The lowest BCUT2D eigenvalue weighted by molar-refractivity contribution is 0.0290. The van der Waals surface area contributed by atoms with E-state index in [0.717, 1.165) is 17.7 Å². The molecule has 1 aromatic rings. The number of aromatic hydroxyl groups is 1. The van der Waals surface area contributed by atoms with Crippen molar-refractivity contribution in [1.82, 2.24) is 10.2 Å². The molecule has 6 heteroatoms. The Balaban J connectivity index is 1.56. The van der Waals surface area contributed by atoms with Gasteiger partial charge in [-0.1, -0.05) is 0 Å². The highest BCUT2D eigenvalue weighted by atomic mass is 16.6. The van der Waals surface area contributed by atoms with Crippen molar-refractivity contribution in [3.8, 4) is 11.5 Å². The number of benzene rings is 1. The standard InChI is InChI=1S/C17H24N2O4/c1-17(2,3)23-16(21)19-7-6-11(9-19)18-14-10-22-15-8-12(20)4-5-13(14)15/h4-5,8,11,14,18,20H,6-7,9-10H2,1-3H3. The number of ether oxygens (including phenoxy) is 2. The van der Waals surface area contributed by atoms with Gasteiger partial charge < -0.3 is 24.8 Å². The van der Waals surface area contributed by atoms with E-state index in [0.29, 0.717) is 19.7 Å². The molecule has 1 aromatic carbocycles. The second kappa shape index (κ2) is 5.92. The van der Waals surface area contributed by atoms with Crippen LogP contribution in [-0.2, 0) is 4.74 Å². The molecular formula is C17H24N2O4. The Hall–Kier alpha value is -1.95. The number of rotatable bonds is 2. The Kier molecular flexibility index (Phi) is 4.10. The number of carbonyl (C=O) groups excluding carboxylic acids is 1. The first-order valence-corrected chi connectivity index (χ1v) is 8.01. The Morgan fingerprint density at radius 2 is 2.22 bits per heavy atom. The minimum atomic E-state index is -0.469. The zero-order valence-corrected chi connectivity index (χ0v) is 13.8. The third-order valence-electron chi connectivity index (χ3n) is 4.05. The first-order chi connectivity index (χ1) is 10.8. The van der Waals surface area contributed by atoms with Gasteiger partial charge in [0.05, 0.1) is 6.04 Å². The van der Waals surface area contributed by atoms with Gasteiger partial charge in [-0.25, -0.2) is 4.79 Å². The van der Waals surface area contributed by atoms with E-state index in [-0.39, 0.29) is 23.9 Å². The Labute approximate surface area is 136 Å². The van der Waals surface area contributed by atoms with Gasteiger partial charge in [-0.2, -0.15) is 0 Å². The highest BCUT2D eigenvalue weighted by Crippen LogP contribution is 2.35. The Morgan fingerprint density at radius 1 is 1.43 bits per heavy atom. The largest absolute Gasteiger partial charge is 0.508 e. The molecular weight excluding hydrogens is 296 g/mol. The summed E-state index contributed by atoms with van der Waals surface area (Å²) in [6, 6.07) is 5.50. The van der Waals surface area contributed by atoms with Crippen LogP contribution in [0.15, 0.2) is 18.2 Å². The number of carbonyl (C=O) groups is 1. The monoisotopic (exact) mass is 320 g/mol. The molecule has 1 saturated heterocycles. The lowest BCUT2D eigenvalue weighted by Crippen LogP contribution is -2.39. The van der Waals surface area contributed by atoms with Crippen molar-refractivity contribution in [3.63, 3.8) is 0 Å². The molecule has 1 amide bonds. The molecule has 2 N–H and O–H groups in total. The number of amides is 1. The molecule has 23 heavy (non-hydrogen) atoms. The lowest BCUT2D eigenvalue weighted by Gasteiger charge is -2.25. The quantitative estimate of drug-likeness (QED) is 0.876. The second-order valence-electron chi connectivity index (χ2n) is 7.16. The predicted molar refractivity (Wildman–Crippen MR) is 85.7 cm³/mol. The molecule has 1 fully saturated rings. The normalized spacial score (nSPS) is 23.5. The van der Waals surface area contributed by atoms with Crippen LogP contribution in [0.2, 0.25) is 0 Å². The number of nitrogens with one attached hydrogen (secondary N) is 1. The van der Waals surface area contributed by atoms with Crippen molar-refractivity contribution >= 4 is 6.09 Å². The molecule has 3 rings (SSSR count). The minimum absolute atomic E-state index is 0.0918. The number of phenolic OH excluding ortho intramolecular Hbond substituents is 1. The fourth-order valence-electron chi connectivity index (χ4n) is 3.01. The summed E-state index contributed by atoms with van der Waals surface area (Å²) in [6.07, 6.45) is 0.637. The lowest BCUT2D eigenvalue weighted by atomic mass is 10.1. The van der Waals surface area contributed by atoms with Gasteiger partial charge in [-0.05, 0) is 39.3 Å². The molecule has 2 aliphatic heterocycles. The summed E-state index contributed by atoms with van der Waals surface area (Å²) in [7, 11) is 0. The zero-order valence-electron chi connectivity index (χ0n) is 13.8. The molecule has 0 saturated carbocycles. The van der Waals surface area contributed by atoms with Crippen LogP contribution in [0.1, 0.15) is 38.8 Å². The third kappa shape index (κ3) is 3.69. The number of hydrogen-bond donors (Lipinski definition) is 2. The van der Waals surface area contributed by atoms with Gasteiger partial charge in [0.15, 0.2) is 0 Å². The van der Waals surface area contributed by atoms with E-state index >= 15 is 0 Å². The van der Waals surface area contributed by atoms with Crippen LogP contribution >= 0.6 is 0 Å². The maximum atomic E-state index is 12.1. The van der Waals surface area contributed by atoms with E-state index in [1.165, 1.54) is 0 Å². The van der Waals surface area contributed by atoms with Gasteiger partial charge in [0.25, 0.3) is 0 Å². The summed E-state index contributed by atoms with van der Waals surface area (Å²) in [4.78, 5) is 13.8. The molecule has 0 bridgehead atoms. The van der Waals surface area contributed by atoms with Gasteiger partial charge >= 0.3 is 6.09 Å². The molecule has 126 valence electrons. The molecule has 0 aliphatic carbocycles. The van der Waals surface area contributed by atoms with E-state index in [1.54, 1.807) is 17.0 Å². The third-order valence-corrected chi connectivity index (χ3v) is 4.05. The van der Waals surface area contributed by atoms with E-state index in [2.05, 4.69) is 5.32 Å². The highest BCUT2D eigenvalue weighted by Gasteiger charge is 2.33. The maximum Gasteiger partial charge on any atom is 0.410 e. The van der Waals surface area contributed by atoms with Gasteiger partial charge in [-0.15, -0.1) is 0 Å². The van der Waals surface area contributed by atoms with Gasteiger partial charge in [0.2, 0.25) is 0 Å². The van der Waals surface area contributed by atoms with E-state index in [1.807, 2.05) is 26.8 Å². The minimum Gasteiger partial charge on any atom is -0.508 e. The SMILES string of the molecule is CC(C)(C)OC(=O)N1CCC(NC2COc3cc(O)ccc32)C1. The van der Waals surface area contributed by atoms with Crippen molar-refractivity contribution in [2.24, 2.45) is 0 Å². The average Bonchev–Trinajstić information content (AvgIpc) is 3.05. The van der Waals surface area contributed by atoms with E-state index in [4.69, 9.17) is 9.47 Å². The van der Waals surface area contributed by atoms with E-state index in [9.17, 15) is 9.90 Å². The van der Waals surface area contributed by atoms with Crippen molar-refractivity contribution in [2.75, 3.05) is 19.7 Å². The van der Waals surface area contributed by atoms with Crippen LogP contribution in [0.5, 0.6) is 11.5 Å². The maximum absolute atomic E-state index is 12.1. The van der Waals surface area contributed by atoms with Crippen LogP contribution in [0.3, 0.4) is 0 Å². The average molecular weight is 320 g/mol. The number of fused-ring (bicyclic) bond motifs is 1. The van der Waals surface area contributed by atoms with Crippen LogP contribution in [0.4, 0.5) is 4.79 Å². The molecule has 2 unspecified atom stereocenters. The molecule has 2 heterocycles. The van der Waals surface area contributed by atoms with Crippen molar-refractivity contribution in [3.05, 3.63) is 23.8 Å². The van der Waals surface area contributed by atoms with Crippen LogP contribution < -0.4 is 10.1 Å². The molecule has 2 atom stereocenters. The van der Waals surface area contributed by atoms with Crippen molar-refractivity contribution in [1.29, 1.82) is 0 Å². The topological polar surface area (TPSA) is 71.0 Å². The number of nitrogens with zero attached hydrogens (tertiary/aromatic N) is 1. The fraction of sp³-hybridized carbons (Fsp3) is 0.588. The molecule has 0 aromatic heterocycles. The number of phenols is 1. The van der Waals surface area contributed by atoms with Crippen LogP contribution in [-0.4, -0.2) is 47.4 Å². The summed E-state index contributed by atoms with van der Waals surface area (Å²) >= 11 is 0. The molecule has 2 aliphatic rings. The highest BCUT2D eigenvalue weighted by molar-refractivity contribution is 5.68. The van der Waals surface area contributed by atoms with Crippen LogP contribution in [0.25, 0.3) is 0 Å². The van der Waals surface area contributed by atoms with Crippen molar-refractivity contribution in [2.45, 2.75) is 44.9 Å². The summed E-state index contributed by atoms with van der Waals surface area (Å²) < 4.78 is 11.0. The fourth-order valence-corrected chi connectivity index (χ4v) is 3.01. The smallest absolute Gasteiger partial charge is 0.410 e. The van der Waals surface area contributed by atoms with E-state index < -0.39 is 5.60 Å². The molecule has 0 radical (unpaired) electrons.